The maximum atomic E-state index is 11.9. The summed E-state index contributed by atoms with van der Waals surface area (Å²) in [5.41, 5.74) is 10.3. The van der Waals surface area contributed by atoms with E-state index in [1.165, 1.54) is 0 Å². The number of amides is 1. The van der Waals surface area contributed by atoms with Crippen molar-refractivity contribution in [1.82, 2.24) is 14.5 Å². The van der Waals surface area contributed by atoms with Crippen molar-refractivity contribution in [2.45, 2.75) is 26.8 Å². The van der Waals surface area contributed by atoms with Crippen molar-refractivity contribution in [3.63, 3.8) is 0 Å². The molecule has 6 heteroatoms. The lowest BCUT2D eigenvalue weighted by molar-refractivity contribution is 0.1000. The lowest BCUT2D eigenvalue weighted by Gasteiger charge is -2.08. The number of rotatable bonds is 5. The van der Waals surface area contributed by atoms with Crippen molar-refractivity contribution in [3.05, 3.63) is 52.7 Å². The zero-order valence-electron chi connectivity index (χ0n) is 12.6. The fourth-order valence-electron chi connectivity index (χ4n) is 2.90. The van der Waals surface area contributed by atoms with E-state index in [0.717, 1.165) is 40.5 Å². The molecule has 0 atom stereocenters. The van der Waals surface area contributed by atoms with Crippen LogP contribution in [0.15, 0.2) is 30.0 Å². The summed E-state index contributed by atoms with van der Waals surface area (Å²) in [7, 11) is 0. The average molecular weight is 314 g/mol. The quantitative estimate of drug-likeness (QED) is 0.759. The van der Waals surface area contributed by atoms with Gasteiger partial charge < -0.3 is 15.3 Å². The summed E-state index contributed by atoms with van der Waals surface area (Å²) in [5, 5.41) is 2.01. The maximum Gasteiger partial charge on any atom is 0.251 e. The Kier molecular flexibility index (Phi) is 3.85. The first-order valence-corrected chi connectivity index (χ1v) is 7.98. The van der Waals surface area contributed by atoms with Gasteiger partial charge in [0.1, 0.15) is 0 Å². The molecule has 5 nitrogen and oxygen atoms in total. The molecule has 114 valence electrons. The molecule has 3 aromatic rings. The zero-order chi connectivity index (χ0) is 15.7. The fourth-order valence-corrected chi connectivity index (χ4v) is 3.72. The number of nitrogens with one attached hydrogen (secondary N) is 1. The van der Waals surface area contributed by atoms with Crippen molar-refractivity contribution in [2.75, 3.05) is 0 Å². The van der Waals surface area contributed by atoms with Gasteiger partial charge >= 0.3 is 0 Å². The molecule has 22 heavy (non-hydrogen) atoms. The maximum absolute atomic E-state index is 11.9. The third-order valence-electron chi connectivity index (χ3n) is 3.96. The topological polar surface area (TPSA) is 76.7 Å². The summed E-state index contributed by atoms with van der Waals surface area (Å²) in [6, 6.07) is 4.01. The van der Waals surface area contributed by atoms with Gasteiger partial charge in [-0.05, 0) is 25.3 Å². The van der Waals surface area contributed by atoms with Gasteiger partial charge in [-0.15, -0.1) is 11.3 Å². The van der Waals surface area contributed by atoms with Gasteiger partial charge in [0.2, 0.25) is 0 Å². The first-order chi connectivity index (χ1) is 10.6. The van der Waals surface area contributed by atoms with E-state index in [1.807, 2.05) is 37.6 Å². The van der Waals surface area contributed by atoms with Crippen LogP contribution in [-0.4, -0.2) is 20.4 Å². The van der Waals surface area contributed by atoms with E-state index >= 15 is 0 Å². The highest BCUT2D eigenvalue weighted by atomic mass is 32.1. The minimum Gasteiger partial charge on any atom is -0.366 e. The smallest absolute Gasteiger partial charge is 0.251 e. The minimum atomic E-state index is -0.371. The Balaban J connectivity index is 2.04. The van der Waals surface area contributed by atoms with E-state index in [1.54, 1.807) is 17.7 Å². The molecule has 0 saturated carbocycles. The van der Waals surface area contributed by atoms with Crippen LogP contribution in [0, 0.1) is 13.8 Å². The number of aryl methyl sites for hydroxylation is 1. The standard InChI is InChI=1S/C16H18N4OS/c1-10-14(13-4-3-7-22-13)15(16(17)21)11(2)20(10)6-5-12-8-18-9-19-12/h3-4,7-9H,5-6H2,1-2H3,(H2,17,21)(H,18,19). The van der Waals surface area contributed by atoms with Gasteiger partial charge in [0.05, 0.1) is 11.9 Å². The molecule has 0 aromatic carbocycles. The monoisotopic (exact) mass is 314 g/mol. The molecule has 0 aliphatic rings. The van der Waals surface area contributed by atoms with Crippen LogP contribution in [-0.2, 0) is 13.0 Å². The molecule has 0 fully saturated rings. The second-order valence-corrected chi connectivity index (χ2v) is 6.19. The Bertz CT molecular complexity index is 785. The molecule has 1 amide bonds. The third kappa shape index (κ3) is 2.46. The number of H-pyrrole nitrogens is 1. The molecule has 0 aliphatic heterocycles. The van der Waals surface area contributed by atoms with Crippen molar-refractivity contribution < 1.29 is 4.79 Å². The molecular weight excluding hydrogens is 296 g/mol. The summed E-state index contributed by atoms with van der Waals surface area (Å²) in [4.78, 5) is 20.1. The average Bonchev–Trinajstić information content (AvgIpc) is 3.19. The van der Waals surface area contributed by atoms with E-state index in [2.05, 4.69) is 14.5 Å². The van der Waals surface area contributed by atoms with Crippen molar-refractivity contribution >= 4 is 17.2 Å². The first-order valence-electron chi connectivity index (χ1n) is 7.10. The molecule has 3 N–H and O–H groups in total. The lowest BCUT2D eigenvalue weighted by Crippen LogP contribution is -2.13. The number of carbonyl (C=O) groups is 1. The molecule has 0 radical (unpaired) electrons. The number of aromatic nitrogens is 3. The summed E-state index contributed by atoms with van der Waals surface area (Å²) >= 11 is 1.62. The molecule has 3 aromatic heterocycles. The summed E-state index contributed by atoms with van der Waals surface area (Å²) < 4.78 is 2.16. The Labute approximate surface area is 132 Å². The van der Waals surface area contributed by atoms with Gasteiger partial charge in [0.15, 0.2) is 0 Å². The molecule has 0 spiro atoms. The van der Waals surface area contributed by atoms with Crippen molar-refractivity contribution in [1.29, 1.82) is 0 Å². The first kappa shape index (κ1) is 14.6. The van der Waals surface area contributed by atoms with E-state index in [-0.39, 0.29) is 5.91 Å². The van der Waals surface area contributed by atoms with Crippen LogP contribution in [0.25, 0.3) is 10.4 Å². The molecule has 3 heterocycles. The Morgan fingerprint density at radius 2 is 2.23 bits per heavy atom. The predicted molar refractivity (Wildman–Crippen MR) is 88.0 cm³/mol. The number of hydrogen-bond donors (Lipinski definition) is 2. The molecule has 0 aliphatic carbocycles. The van der Waals surface area contributed by atoms with Crippen LogP contribution in [0.5, 0.6) is 0 Å². The number of hydrogen-bond acceptors (Lipinski definition) is 3. The molecule has 0 unspecified atom stereocenters. The van der Waals surface area contributed by atoms with Crippen LogP contribution in [0.3, 0.4) is 0 Å². The summed E-state index contributed by atoms with van der Waals surface area (Å²) in [6.07, 6.45) is 4.33. The van der Waals surface area contributed by atoms with Gasteiger partial charge in [-0.1, -0.05) is 6.07 Å². The molecule has 0 bridgehead atoms. The highest BCUT2D eigenvalue weighted by Crippen LogP contribution is 2.35. The number of primary amides is 1. The van der Waals surface area contributed by atoms with Gasteiger partial charge in [-0.25, -0.2) is 4.98 Å². The van der Waals surface area contributed by atoms with Crippen molar-refractivity contribution in [2.24, 2.45) is 5.73 Å². The number of thiophene rings is 1. The number of nitrogens with zero attached hydrogens (tertiary/aromatic N) is 2. The Morgan fingerprint density at radius 1 is 1.41 bits per heavy atom. The molecular formula is C16H18N4OS. The van der Waals surface area contributed by atoms with Gasteiger partial charge in [0.25, 0.3) is 5.91 Å². The second-order valence-electron chi connectivity index (χ2n) is 5.24. The highest BCUT2D eigenvalue weighted by molar-refractivity contribution is 7.13. The lowest BCUT2D eigenvalue weighted by atomic mass is 10.1. The second kappa shape index (κ2) is 5.81. The van der Waals surface area contributed by atoms with E-state index < -0.39 is 0 Å². The van der Waals surface area contributed by atoms with E-state index in [4.69, 9.17) is 5.73 Å². The van der Waals surface area contributed by atoms with Gasteiger partial charge in [-0.3, -0.25) is 4.79 Å². The largest absolute Gasteiger partial charge is 0.366 e. The zero-order valence-corrected chi connectivity index (χ0v) is 13.4. The number of imidazole rings is 1. The van der Waals surface area contributed by atoms with Crippen LogP contribution in [0.2, 0.25) is 0 Å². The van der Waals surface area contributed by atoms with Gasteiger partial charge in [0, 0.05) is 46.7 Å². The normalized spacial score (nSPS) is 11.0. The van der Waals surface area contributed by atoms with Crippen LogP contribution >= 0.6 is 11.3 Å². The third-order valence-corrected chi connectivity index (χ3v) is 4.84. The Hall–Kier alpha value is -2.34. The summed E-state index contributed by atoms with van der Waals surface area (Å²) in [6.45, 7) is 4.78. The fraction of sp³-hybridized carbons (Fsp3) is 0.250. The predicted octanol–water partition coefficient (Wildman–Crippen LogP) is 2.90. The van der Waals surface area contributed by atoms with Gasteiger partial charge in [-0.2, -0.15) is 0 Å². The number of carbonyl (C=O) groups excluding carboxylic acids is 1. The van der Waals surface area contributed by atoms with Crippen LogP contribution < -0.4 is 5.73 Å². The number of nitrogens with two attached hydrogens (primary N) is 1. The highest BCUT2D eigenvalue weighted by Gasteiger charge is 2.22. The number of aromatic amines is 1. The van der Waals surface area contributed by atoms with E-state index in [9.17, 15) is 4.79 Å². The molecule has 0 saturated heterocycles. The van der Waals surface area contributed by atoms with E-state index in [0.29, 0.717) is 5.56 Å². The minimum absolute atomic E-state index is 0.371. The van der Waals surface area contributed by atoms with Crippen LogP contribution in [0.1, 0.15) is 27.4 Å². The molecule has 3 rings (SSSR count). The Morgan fingerprint density at radius 3 is 2.82 bits per heavy atom. The SMILES string of the molecule is Cc1c(C(N)=O)c(-c2cccs2)c(C)n1CCc1cnc[nH]1. The van der Waals surface area contributed by atoms with Crippen molar-refractivity contribution in [3.8, 4) is 10.4 Å². The van der Waals surface area contributed by atoms with Crippen LogP contribution in [0.4, 0.5) is 0 Å². The summed E-state index contributed by atoms with van der Waals surface area (Å²) in [5.74, 6) is -0.371.